The number of piperidine rings is 1. The van der Waals surface area contributed by atoms with Crippen LogP contribution >= 0.6 is 0 Å². The van der Waals surface area contributed by atoms with Crippen molar-refractivity contribution < 1.29 is 19.1 Å². The van der Waals surface area contributed by atoms with Crippen LogP contribution in [-0.2, 0) is 20.9 Å². The summed E-state index contributed by atoms with van der Waals surface area (Å²) in [7, 11) is 0. The second kappa shape index (κ2) is 7.30. The number of benzene rings is 1. The van der Waals surface area contributed by atoms with Crippen LogP contribution in [0.15, 0.2) is 41.2 Å². The average Bonchev–Trinajstić information content (AvgIpc) is 2.61. The van der Waals surface area contributed by atoms with Gasteiger partial charge in [-0.1, -0.05) is 30.3 Å². The van der Waals surface area contributed by atoms with E-state index in [-0.39, 0.29) is 36.9 Å². The van der Waals surface area contributed by atoms with Crippen molar-refractivity contribution in [2.45, 2.75) is 32.4 Å². The molecule has 1 aromatic carbocycles. The Morgan fingerprint density at radius 2 is 2.00 bits per heavy atom. The number of nitrogens with one attached hydrogen (secondary N) is 1. The topological polar surface area (TPSA) is 107 Å². The molecule has 0 radical (unpaired) electrons. The van der Waals surface area contributed by atoms with Gasteiger partial charge in [0.25, 0.3) is 5.56 Å². The summed E-state index contributed by atoms with van der Waals surface area (Å²) in [6, 6.07) is 9.36. The molecule has 1 aromatic heterocycles. The molecule has 2 amide bonds. The minimum absolute atomic E-state index is 0.0661. The van der Waals surface area contributed by atoms with E-state index in [4.69, 9.17) is 4.74 Å². The molecule has 1 N–H and O–H groups in total. The van der Waals surface area contributed by atoms with Crippen molar-refractivity contribution in [3.63, 3.8) is 0 Å². The van der Waals surface area contributed by atoms with Gasteiger partial charge in [-0.15, -0.1) is 0 Å². The van der Waals surface area contributed by atoms with Crippen molar-refractivity contribution in [1.29, 1.82) is 0 Å². The maximum absolute atomic E-state index is 12.4. The van der Waals surface area contributed by atoms with Gasteiger partial charge in [-0.05, 0) is 18.9 Å². The number of esters is 1. The highest BCUT2D eigenvalue weighted by molar-refractivity contribution is 5.99. The van der Waals surface area contributed by atoms with Crippen molar-refractivity contribution in [1.82, 2.24) is 14.9 Å². The van der Waals surface area contributed by atoms with Crippen LogP contribution in [0.1, 0.15) is 40.8 Å². The summed E-state index contributed by atoms with van der Waals surface area (Å²) < 4.78 is 6.36. The monoisotopic (exact) mass is 355 g/mol. The van der Waals surface area contributed by atoms with Gasteiger partial charge in [-0.25, -0.2) is 9.78 Å². The second-order valence-electron chi connectivity index (χ2n) is 5.93. The number of hydrogen-bond acceptors (Lipinski definition) is 6. The smallest absolute Gasteiger partial charge is 0.357 e. The molecule has 0 spiro atoms. The number of carbonyl (C=O) groups is 3. The van der Waals surface area contributed by atoms with Crippen molar-refractivity contribution in [3.8, 4) is 0 Å². The quantitative estimate of drug-likeness (QED) is 0.645. The first-order chi connectivity index (χ1) is 12.5. The molecule has 8 heteroatoms. The lowest BCUT2D eigenvalue weighted by molar-refractivity contribution is -0.135. The molecule has 3 rings (SSSR count). The van der Waals surface area contributed by atoms with E-state index in [9.17, 15) is 19.2 Å². The Morgan fingerprint density at radius 3 is 2.65 bits per heavy atom. The highest BCUT2D eigenvalue weighted by Gasteiger charge is 2.30. The van der Waals surface area contributed by atoms with E-state index in [1.54, 1.807) is 0 Å². The summed E-state index contributed by atoms with van der Waals surface area (Å²) in [5.41, 5.74) is 0.153. The van der Waals surface area contributed by atoms with Crippen molar-refractivity contribution in [2.75, 3.05) is 0 Å². The zero-order chi connectivity index (χ0) is 18.7. The van der Waals surface area contributed by atoms with Crippen LogP contribution in [0.2, 0.25) is 0 Å². The molecule has 134 valence electrons. The average molecular weight is 355 g/mol. The normalized spacial score (nSPS) is 16.9. The fourth-order valence-electron chi connectivity index (χ4n) is 2.82. The Morgan fingerprint density at radius 1 is 1.27 bits per heavy atom. The molecular formula is C18H17N3O5. The SMILES string of the molecule is Cc1nc(C(=O)OCc2ccccc2)cc(=O)n1C1CCC(=O)NC1=O. The largest absolute Gasteiger partial charge is 0.456 e. The van der Waals surface area contributed by atoms with Crippen LogP contribution in [0.5, 0.6) is 0 Å². The van der Waals surface area contributed by atoms with Crippen molar-refractivity contribution >= 4 is 17.8 Å². The van der Waals surface area contributed by atoms with Gasteiger partial charge >= 0.3 is 5.97 Å². The Bertz CT molecular complexity index is 920. The van der Waals surface area contributed by atoms with Crippen LogP contribution in [0.3, 0.4) is 0 Å². The Labute approximate surface area is 148 Å². The minimum Gasteiger partial charge on any atom is -0.456 e. The number of hydrogen-bond donors (Lipinski definition) is 1. The number of rotatable bonds is 4. The van der Waals surface area contributed by atoms with Crippen LogP contribution < -0.4 is 10.9 Å². The Hall–Kier alpha value is -3.29. The van der Waals surface area contributed by atoms with Gasteiger partial charge in [-0.2, -0.15) is 0 Å². The van der Waals surface area contributed by atoms with Gasteiger partial charge in [0.15, 0.2) is 5.69 Å². The number of nitrogens with zero attached hydrogens (tertiary/aromatic N) is 2. The summed E-state index contributed by atoms with van der Waals surface area (Å²) in [5, 5.41) is 2.20. The standard InChI is InChI=1S/C18H17N3O5/c1-11-19-13(18(25)26-10-12-5-3-2-4-6-12)9-16(23)21(11)14-7-8-15(22)20-17(14)24/h2-6,9,14H,7-8,10H2,1H3,(H,20,22,24). The fourth-order valence-corrected chi connectivity index (χ4v) is 2.82. The minimum atomic E-state index is -0.818. The summed E-state index contributed by atoms with van der Waals surface area (Å²) in [6.45, 7) is 1.59. The highest BCUT2D eigenvalue weighted by atomic mass is 16.5. The van der Waals surface area contributed by atoms with E-state index in [1.165, 1.54) is 11.5 Å². The van der Waals surface area contributed by atoms with E-state index in [0.29, 0.717) is 0 Å². The number of amides is 2. The molecule has 1 aliphatic rings. The molecule has 1 aliphatic heterocycles. The summed E-state index contributed by atoms with van der Waals surface area (Å²) in [6.07, 6.45) is 0.355. The molecule has 1 atom stereocenters. The molecule has 0 saturated carbocycles. The zero-order valence-electron chi connectivity index (χ0n) is 14.1. The molecule has 26 heavy (non-hydrogen) atoms. The van der Waals surface area contributed by atoms with Gasteiger partial charge in [0.1, 0.15) is 18.5 Å². The molecule has 2 aromatic rings. The number of ether oxygens (including phenoxy) is 1. The molecule has 1 unspecified atom stereocenters. The predicted molar refractivity (Wildman–Crippen MR) is 90.2 cm³/mol. The first kappa shape index (κ1) is 17.5. The fraction of sp³-hybridized carbons (Fsp3) is 0.278. The lowest BCUT2D eigenvalue weighted by atomic mass is 10.1. The Kier molecular flexibility index (Phi) is 4.92. The maximum atomic E-state index is 12.4. The van der Waals surface area contributed by atoms with E-state index >= 15 is 0 Å². The molecular weight excluding hydrogens is 338 g/mol. The summed E-state index contributed by atoms with van der Waals surface area (Å²) >= 11 is 0. The molecule has 0 aliphatic carbocycles. The van der Waals surface area contributed by atoms with Crippen LogP contribution in [0.4, 0.5) is 0 Å². The van der Waals surface area contributed by atoms with Gasteiger partial charge in [0.05, 0.1) is 0 Å². The third-order valence-electron chi connectivity index (χ3n) is 4.07. The molecule has 0 bridgehead atoms. The first-order valence-electron chi connectivity index (χ1n) is 8.10. The maximum Gasteiger partial charge on any atom is 0.357 e. The number of aryl methyl sites for hydroxylation is 1. The van der Waals surface area contributed by atoms with Crippen molar-refractivity contribution in [2.24, 2.45) is 0 Å². The second-order valence-corrected chi connectivity index (χ2v) is 5.93. The van der Waals surface area contributed by atoms with Crippen LogP contribution in [-0.4, -0.2) is 27.3 Å². The van der Waals surface area contributed by atoms with E-state index in [1.807, 2.05) is 30.3 Å². The van der Waals surface area contributed by atoms with Crippen LogP contribution in [0.25, 0.3) is 0 Å². The van der Waals surface area contributed by atoms with Gasteiger partial charge < -0.3 is 4.74 Å². The van der Waals surface area contributed by atoms with E-state index in [0.717, 1.165) is 11.6 Å². The van der Waals surface area contributed by atoms with Gasteiger partial charge in [0, 0.05) is 12.5 Å². The third kappa shape index (κ3) is 3.69. The van der Waals surface area contributed by atoms with E-state index in [2.05, 4.69) is 10.3 Å². The molecule has 2 heterocycles. The molecule has 1 saturated heterocycles. The summed E-state index contributed by atoms with van der Waals surface area (Å²) in [5.74, 6) is -1.43. The highest BCUT2D eigenvalue weighted by Crippen LogP contribution is 2.18. The lowest BCUT2D eigenvalue weighted by Gasteiger charge is -2.24. The molecule has 1 fully saturated rings. The number of carbonyl (C=O) groups excluding carboxylic acids is 3. The summed E-state index contributed by atoms with van der Waals surface area (Å²) in [4.78, 5) is 51.9. The molecule has 8 nitrogen and oxygen atoms in total. The predicted octanol–water partition coefficient (Wildman–Crippen LogP) is 0.886. The van der Waals surface area contributed by atoms with E-state index < -0.39 is 23.5 Å². The lowest BCUT2D eigenvalue weighted by Crippen LogP contribution is -2.45. The van der Waals surface area contributed by atoms with Crippen molar-refractivity contribution in [3.05, 3.63) is 63.8 Å². The number of imide groups is 1. The number of aromatic nitrogens is 2. The van der Waals surface area contributed by atoms with Crippen LogP contribution in [0, 0.1) is 6.92 Å². The Balaban J connectivity index is 1.78. The first-order valence-corrected chi connectivity index (χ1v) is 8.10. The van der Waals surface area contributed by atoms with Gasteiger partial charge in [0.2, 0.25) is 11.8 Å². The third-order valence-corrected chi connectivity index (χ3v) is 4.07. The van der Waals surface area contributed by atoms with Gasteiger partial charge in [-0.3, -0.25) is 24.3 Å². The zero-order valence-corrected chi connectivity index (χ0v) is 14.1.